The van der Waals surface area contributed by atoms with Crippen molar-refractivity contribution in [3.8, 4) is 0 Å². The standard InChI is InChI=1S/C20H23ClN6O3/c1-12-13(2)27-16-17(22-19(27)26(23-12)9-10-30-4)24(3)20(29)25(18(16)28)11-14-5-7-15(21)8-6-14/h5-8,13H,9-11H2,1-4H3/t13-/m0/s1. The largest absolute Gasteiger partial charge is 0.383 e. The highest BCUT2D eigenvalue weighted by Gasteiger charge is 2.30. The van der Waals surface area contributed by atoms with Gasteiger partial charge in [0.2, 0.25) is 5.95 Å². The summed E-state index contributed by atoms with van der Waals surface area (Å²) in [6.45, 7) is 4.96. The number of rotatable bonds is 5. The van der Waals surface area contributed by atoms with Gasteiger partial charge in [0.25, 0.3) is 5.56 Å². The Labute approximate surface area is 177 Å². The van der Waals surface area contributed by atoms with E-state index in [9.17, 15) is 9.59 Å². The van der Waals surface area contributed by atoms with Crippen molar-refractivity contribution < 1.29 is 4.74 Å². The first kappa shape index (κ1) is 20.4. The first-order valence-corrected chi connectivity index (χ1v) is 9.99. The summed E-state index contributed by atoms with van der Waals surface area (Å²) in [6, 6.07) is 6.91. The Morgan fingerprint density at radius 3 is 2.57 bits per heavy atom. The van der Waals surface area contributed by atoms with Gasteiger partial charge in [0, 0.05) is 19.2 Å². The van der Waals surface area contributed by atoms with Crippen LogP contribution in [0.4, 0.5) is 5.95 Å². The molecule has 0 saturated heterocycles. The molecule has 0 saturated carbocycles. The van der Waals surface area contributed by atoms with E-state index in [0.29, 0.717) is 35.3 Å². The predicted octanol–water partition coefficient (Wildman–Crippen LogP) is 2.00. The zero-order valence-corrected chi connectivity index (χ0v) is 18.0. The van der Waals surface area contributed by atoms with Gasteiger partial charge in [0.1, 0.15) is 0 Å². The Kier molecular flexibility index (Phi) is 5.25. The number of hydrazone groups is 1. The van der Waals surface area contributed by atoms with Crippen molar-refractivity contribution in [3.63, 3.8) is 0 Å². The fraction of sp³-hybridized carbons (Fsp3) is 0.400. The monoisotopic (exact) mass is 430 g/mol. The summed E-state index contributed by atoms with van der Waals surface area (Å²) >= 11 is 5.95. The molecule has 0 aliphatic carbocycles. The lowest BCUT2D eigenvalue weighted by atomic mass is 10.2. The van der Waals surface area contributed by atoms with E-state index in [1.54, 1.807) is 43.4 Å². The molecule has 4 rings (SSSR count). The van der Waals surface area contributed by atoms with E-state index in [4.69, 9.17) is 16.3 Å². The molecular formula is C20H23ClN6O3. The highest BCUT2D eigenvalue weighted by atomic mass is 35.5. The lowest BCUT2D eigenvalue weighted by Gasteiger charge is -2.28. The van der Waals surface area contributed by atoms with Crippen molar-refractivity contribution in [2.75, 3.05) is 25.3 Å². The van der Waals surface area contributed by atoms with E-state index < -0.39 is 5.69 Å². The number of hydrogen-bond acceptors (Lipinski definition) is 6. The highest BCUT2D eigenvalue weighted by molar-refractivity contribution is 6.30. The van der Waals surface area contributed by atoms with Gasteiger partial charge in [-0.1, -0.05) is 23.7 Å². The topological polar surface area (TPSA) is 86.7 Å². The maximum absolute atomic E-state index is 13.5. The molecule has 1 atom stereocenters. The van der Waals surface area contributed by atoms with Gasteiger partial charge in [-0.3, -0.25) is 18.5 Å². The molecule has 0 unspecified atom stereocenters. The molecule has 0 bridgehead atoms. The van der Waals surface area contributed by atoms with Crippen molar-refractivity contribution in [1.29, 1.82) is 0 Å². The predicted molar refractivity (Wildman–Crippen MR) is 117 cm³/mol. The molecule has 0 spiro atoms. The summed E-state index contributed by atoms with van der Waals surface area (Å²) in [7, 11) is 3.24. The molecule has 10 heteroatoms. The number of fused-ring (bicyclic) bond motifs is 3. The summed E-state index contributed by atoms with van der Waals surface area (Å²) in [4.78, 5) is 31.0. The Hall–Kier alpha value is -2.91. The average Bonchev–Trinajstić information content (AvgIpc) is 3.14. The number of aromatic nitrogens is 4. The van der Waals surface area contributed by atoms with Crippen molar-refractivity contribution in [3.05, 3.63) is 55.7 Å². The van der Waals surface area contributed by atoms with Gasteiger partial charge in [-0.05, 0) is 31.5 Å². The van der Waals surface area contributed by atoms with Crippen molar-refractivity contribution >= 4 is 34.4 Å². The van der Waals surface area contributed by atoms with E-state index in [1.807, 2.05) is 18.4 Å². The van der Waals surface area contributed by atoms with Gasteiger partial charge >= 0.3 is 5.69 Å². The van der Waals surface area contributed by atoms with E-state index in [2.05, 4.69) is 10.1 Å². The summed E-state index contributed by atoms with van der Waals surface area (Å²) in [6.07, 6.45) is 0. The minimum absolute atomic E-state index is 0.147. The summed E-state index contributed by atoms with van der Waals surface area (Å²) < 4.78 is 9.67. The van der Waals surface area contributed by atoms with Crippen LogP contribution in [0.5, 0.6) is 0 Å². The highest BCUT2D eigenvalue weighted by Crippen LogP contribution is 2.29. The first-order chi connectivity index (χ1) is 14.3. The van der Waals surface area contributed by atoms with Gasteiger partial charge < -0.3 is 4.74 Å². The maximum atomic E-state index is 13.5. The van der Waals surface area contributed by atoms with Gasteiger partial charge in [0.15, 0.2) is 11.2 Å². The lowest BCUT2D eigenvalue weighted by molar-refractivity contribution is 0.204. The fourth-order valence-corrected chi connectivity index (χ4v) is 3.75. The van der Waals surface area contributed by atoms with Crippen LogP contribution in [0, 0.1) is 0 Å². The molecular weight excluding hydrogens is 408 g/mol. The number of imidazole rings is 1. The zero-order valence-electron chi connectivity index (χ0n) is 17.3. The van der Waals surface area contributed by atoms with E-state index >= 15 is 0 Å². The summed E-state index contributed by atoms with van der Waals surface area (Å²) in [5.74, 6) is 0.525. The van der Waals surface area contributed by atoms with Gasteiger partial charge in [0.05, 0.1) is 31.4 Å². The smallest absolute Gasteiger partial charge is 0.332 e. The lowest BCUT2D eigenvalue weighted by Crippen LogP contribution is -2.40. The maximum Gasteiger partial charge on any atom is 0.332 e. The van der Waals surface area contributed by atoms with Crippen LogP contribution in [-0.4, -0.2) is 44.7 Å². The van der Waals surface area contributed by atoms with Crippen molar-refractivity contribution in [2.45, 2.75) is 26.4 Å². The molecule has 30 heavy (non-hydrogen) atoms. The fourth-order valence-electron chi connectivity index (χ4n) is 3.62. The Bertz CT molecular complexity index is 1250. The molecule has 0 amide bonds. The van der Waals surface area contributed by atoms with Crippen LogP contribution < -0.4 is 16.3 Å². The van der Waals surface area contributed by atoms with Gasteiger partial charge in [-0.15, -0.1) is 0 Å². The quantitative estimate of drug-likeness (QED) is 0.618. The molecule has 1 aliphatic rings. The molecule has 3 aromatic rings. The molecule has 158 valence electrons. The minimum Gasteiger partial charge on any atom is -0.383 e. The van der Waals surface area contributed by atoms with Gasteiger partial charge in [-0.25, -0.2) is 9.80 Å². The average molecular weight is 431 g/mol. The number of benzene rings is 1. The first-order valence-electron chi connectivity index (χ1n) is 9.61. The second-order valence-corrected chi connectivity index (χ2v) is 7.78. The van der Waals surface area contributed by atoms with Crippen LogP contribution in [0.15, 0.2) is 39.0 Å². The van der Waals surface area contributed by atoms with Crippen LogP contribution in [-0.2, 0) is 18.3 Å². The molecule has 1 aromatic carbocycles. The Morgan fingerprint density at radius 1 is 1.20 bits per heavy atom. The SMILES string of the molecule is COCCN1N=C(C)[C@H](C)n2c1nc1c2c(=O)n(Cc2ccc(Cl)cc2)c(=O)n1C. The number of aryl methyl sites for hydroxylation is 1. The third-order valence-electron chi connectivity index (χ3n) is 5.42. The van der Waals surface area contributed by atoms with E-state index in [-0.39, 0.29) is 18.1 Å². The molecule has 0 radical (unpaired) electrons. The minimum atomic E-state index is -0.424. The van der Waals surface area contributed by atoms with Gasteiger partial charge in [-0.2, -0.15) is 10.1 Å². The van der Waals surface area contributed by atoms with Crippen molar-refractivity contribution in [1.82, 2.24) is 18.7 Å². The molecule has 3 heterocycles. The normalized spacial score (nSPS) is 16.1. The molecule has 9 nitrogen and oxygen atoms in total. The number of ether oxygens (including phenoxy) is 1. The van der Waals surface area contributed by atoms with Crippen LogP contribution in [0.3, 0.4) is 0 Å². The third kappa shape index (κ3) is 3.23. The zero-order chi connectivity index (χ0) is 21.6. The third-order valence-corrected chi connectivity index (χ3v) is 5.67. The number of halogens is 1. The van der Waals surface area contributed by atoms with Crippen LogP contribution in [0.2, 0.25) is 5.02 Å². The number of methoxy groups -OCH3 is 1. The number of nitrogens with zero attached hydrogens (tertiary/aromatic N) is 6. The van der Waals surface area contributed by atoms with Crippen LogP contribution in [0.25, 0.3) is 11.2 Å². The second-order valence-electron chi connectivity index (χ2n) is 7.35. The molecule has 1 aliphatic heterocycles. The van der Waals surface area contributed by atoms with Crippen molar-refractivity contribution in [2.24, 2.45) is 12.1 Å². The van der Waals surface area contributed by atoms with Crippen LogP contribution in [0.1, 0.15) is 25.5 Å². The molecule has 0 fully saturated rings. The number of anilines is 1. The summed E-state index contributed by atoms with van der Waals surface area (Å²) in [5.41, 5.74) is 1.57. The summed E-state index contributed by atoms with van der Waals surface area (Å²) in [5, 5.41) is 6.91. The molecule has 2 aromatic heterocycles. The number of hydrogen-bond donors (Lipinski definition) is 0. The Morgan fingerprint density at radius 2 is 1.90 bits per heavy atom. The Balaban J connectivity index is 1.93. The second kappa shape index (κ2) is 7.73. The molecule has 0 N–H and O–H groups in total. The van der Waals surface area contributed by atoms with E-state index in [0.717, 1.165) is 11.3 Å². The van der Waals surface area contributed by atoms with Crippen LogP contribution >= 0.6 is 11.6 Å². The van der Waals surface area contributed by atoms with E-state index in [1.165, 1.54) is 9.13 Å².